The van der Waals surface area contributed by atoms with Crippen LogP contribution in [0.5, 0.6) is 0 Å². The largest absolute Gasteiger partial charge is 1.00 e. The molecule has 1 aliphatic rings. The van der Waals surface area contributed by atoms with Crippen LogP contribution in [-0.4, -0.2) is 64.4 Å². The van der Waals surface area contributed by atoms with Crippen LogP contribution in [0.1, 0.15) is 23.6 Å². The molecule has 0 heterocycles. The molecule has 3 rings (SSSR count). The molecule has 2 aromatic carbocycles. The fraction of sp³-hybridized carbons (Fsp3) is 0.240. The van der Waals surface area contributed by atoms with Crippen LogP contribution in [0, 0.1) is 6.92 Å². The van der Waals surface area contributed by atoms with Gasteiger partial charge in [-0.25, -0.2) is 21.4 Å². The third kappa shape index (κ3) is 6.44. The van der Waals surface area contributed by atoms with Crippen molar-refractivity contribution in [1.82, 2.24) is 0 Å². The third-order valence-corrected chi connectivity index (χ3v) is 7.48. The summed E-state index contributed by atoms with van der Waals surface area (Å²) in [6.07, 6.45) is 5.63. The van der Waals surface area contributed by atoms with Crippen molar-refractivity contribution < 1.29 is 60.1 Å². The number of aryl methyl sites for hydroxylation is 1. The molecule has 0 radical (unpaired) electrons. The second-order valence-corrected chi connectivity index (χ2v) is 11.5. The Morgan fingerprint density at radius 2 is 1.47 bits per heavy atom. The monoisotopic (exact) mass is 538 g/mol. The second kappa shape index (κ2) is 11.1. The molecule has 0 aromatic heterocycles. The minimum atomic E-state index is -5.14. The standard InChI is InChI=1S/C25H28N2O6S2.Na/c1-16-13-18(26(3)4)7-10-21(16)25(22-11-8-19(27(5)6)14-17(22)2)23-12-9-20(34(28,29)30)15-24(23)35(31,32)33;/h7-15H,1-6H3,(H-,28,29,30,31,32,33);/q;+1/p-1. The average Bonchev–Trinajstić information content (AvgIpc) is 2.74. The molecule has 0 atom stereocenters. The van der Waals surface area contributed by atoms with Crippen LogP contribution < -0.4 is 34.5 Å². The maximum absolute atomic E-state index is 12.3. The fourth-order valence-electron chi connectivity index (χ4n) is 3.92. The smallest absolute Gasteiger partial charge is 0.744 e. The van der Waals surface area contributed by atoms with E-state index in [0.717, 1.165) is 28.6 Å². The SMILES string of the molecule is CC1=CC(=[N+](C)C)C=C/C1=C(/c1ccc(N(C)C)cc1C)c1ccc(S(=O)(=O)[O-])cc1S(=O)(=O)[O-].[Na+]. The summed E-state index contributed by atoms with van der Waals surface area (Å²) in [4.78, 5) is 0.376. The molecule has 36 heavy (non-hydrogen) atoms. The van der Waals surface area contributed by atoms with E-state index in [4.69, 9.17) is 0 Å². The van der Waals surface area contributed by atoms with Gasteiger partial charge in [0.2, 0.25) is 0 Å². The third-order valence-electron chi connectivity index (χ3n) is 5.77. The number of hydrogen-bond donors (Lipinski definition) is 0. The Balaban J connectivity index is 0.00000456. The molecule has 0 N–H and O–H groups in total. The Labute approximate surface area is 235 Å². The maximum Gasteiger partial charge on any atom is 1.00 e. The number of benzene rings is 2. The summed E-state index contributed by atoms with van der Waals surface area (Å²) >= 11 is 0. The molecule has 8 nitrogen and oxygen atoms in total. The van der Waals surface area contributed by atoms with E-state index >= 15 is 0 Å². The predicted molar refractivity (Wildman–Crippen MR) is 134 cm³/mol. The van der Waals surface area contributed by atoms with E-state index in [-0.39, 0.29) is 35.1 Å². The Morgan fingerprint density at radius 1 is 0.861 bits per heavy atom. The van der Waals surface area contributed by atoms with Crippen molar-refractivity contribution in [3.63, 3.8) is 0 Å². The Kier molecular flexibility index (Phi) is 9.34. The van der Waals surface area contributed by atoms with Gasteiger partial charge >= 0.3 is 29.6 Å². The second-order valence-electron chi connectivity index (χ2n) is 8.73. The number of rotatable bonds is 5. The molecule has 0 unspecified atom stereocenters. The topological polar surface area (TPSA) is 121 Å². The van der Waals surface area contributed by atoms with Gasteiger partial charge in [0.05, 0.1) is 9.79 Å². The van der Waals surface area contributed by atoms with Gasteiger partial charge in [-0.15, -0.1) is 0 Å². The minimum Gasteiger partial charge on any atom is -0.744 e. The summed E-state index contributed by atoms with van der Waals surface area (Å²) in [5.74, 6) is 0. The van der Waals surface area contributed by atoms with Gasteiger partial charge in [-0.3, -0.25) is 0 Å². The zero-order valence-electron chi connectivity index (χ0n) is 21.4. The fourth-order valence-corrected chi connectivity index (χ4v) is 5.20. The van der Waals surface area contributed by atoms with E-state index in [1.54, 1.807) is 0 Å². The molecule has 0 spiro atoms. The van der Waals surface area contributed by atoms with Crippen molar-refractivity contribution in [3.05, 3.63) is 82.5 Å². The number of anilines is 1. The van der Waals surface area contributed by atoms with Crippen LogP contribution in [0.2, 0.25) is 0 Å². The molecule has 186 valence electrons. The van der Waals surface area contributed by atoms with E-state index in [2.05, 4.69) is 0 Å². The average molecular weight is 539 g/mol. The first kappa shape index (κ1) is 30.2. The summed E-state index contributed by atoms with van der Waals surface area (Å²) in [5.41, 5.74) is 5.28. The number of allylic oxidation sites excluding steroid dienone is 5. The summed E-state index contributed by atoms with van der Waals surface area (Å²) in [6.45, 7) is 3.74. The quantitative estimate of drug-likeness (QED) is 0.296. The molecule has 1 aliphatic carbocycles. The van der Waals surface area contributed by atoms with Crippen molar-refractivity contribution in [1.29, 1.82) is 0 Å². The predicted octanol–water partition coefficient (Wildman–Crippen LogP) is -0.0957. The Bertz CT molecular complexity index is 1550. The first-order valence-corrected chi connectivity index (χ1v) is 13.4. The van der Waals surface area contributed by atoms with Gasteiger partial charge in [-0.05, 0) is 72.0 Å². The zero-order chi connectivity index (χ0) is 26.3. The van der Waals surface area contributed by atoms with Crippen LogP contribution >= 0.6 is 0 Å². The molecule has 11 heteroatoms. The van der Waals surface area contributed by atoms with E-state index in [0.29, 0.717) is 22.8 Å². The van der Waals surface area contributed by atoms with Gasteiger partial charge in [0.15, 0.2) is 5.71 Å². The Morgan fingerprint density at radius 3 is 1.94 bits per heavy atom. The first-order chi connectivity index (χ1) is 16.1. The molecular weight excluding hydrogens is 511 g/mol. The van der Waals surface area contributed by atoms with Gasteiger partial charge in [-0.1, -0.05) is 12.1 Å². The Hall–Kier alpha value is -2.05. The van der Waals surface area contributed by atoms with Crippen LogP contribution in [0.3, 0.4) is 0 Å². The molecule has 0 saturated carbocycles. The normalized spacial score (nSPS) is 15.2. The van der Waals surface area contributed by atoms with Crippen LogP contribution in [0.25, 0.3) is 5.57 Å². The number of nitrogens with zero attached hydrogens (tertiary/aromatic N) is 2. The molecule has 0 fully saturated rings. The van der Waals surface area contributed by atoms with Crippen LogP contribution in [-0.2, 0) is 20.2 Å². The molecule has 0 saturated heterocycles. The molecule has 2 aromatic rings. The van der Waals surface area contributed by atoms with Gasteiger partial charge in [0.1, 0.15) is 34.3 Å². The van der Waals surface area contributed by atoms with Crippen molar-refractivity contribution in [2.75, 3.05) is 33.1 Å². The van der Waals surface area contributed by atoms with Gasteiger partial charge < -0.3 is 14.0 Å². The van der Waals surface area contributed by atoms with Gasteiger partial charge in [0.25, 0.3) is 0 Å². The van der Waals surface area contributed by atoms with Gasteiger partial charge in [0, 0.05) is 37.5 Å². The molecule has 0 bridgehead atoms. The van der Waals surface area contributed by atoms with Crippen molar-refractivity contribution in [3.8, 4) is 0 Å². The summed E-state index contributed by atoms with van der Waals surface area (Å²) in [5, 5.41) is 0. The molecule has 0 amide bonds. The number of hydrogen-bond acceptors (Lipinski definition) is 7. The summed E-state index contributed by atoms with van der Waals surface area (Å²) in [6, 6.07) is 8.52. The van der Waals surface area contributed by atoms with Crippen molar-refractivity contribution in [2.45, 2.75) is 23.6 Å². The van der Waals surface area contributed by atoms with E-state index in [1.807, 2.05) is 87.9 Å². The molecule has 0 aliphatic heterocycles. The summed E-state index contributed by atoms with van der Waals surface area (Å²) < 4.78 is 73.5. The summed E-state index contributed by atoms with van der Waals surface area (Å²) in [7, 11) is -2.53. The van der Waals surface area contributed by atoms with Crippen molar-refractivity contribution >= 4 is 37.2 Å². The van der Waals surface area contributed by atoms with E-state index < -0.39 is 30.0 Å². The van der Waals surface area contributed by atoms with Gasteiger partial charge in [-0.2, -0.15) is 0 Å². The first-order valence-electron chi connectivity index (χ1n) is 10.6. The zero-order valence-corrected chi connectivity index (χ0v) is 25.0. The van der Waals surface area contributed by atoms with Crippen LogP contribution in [0.15, 0.2) is 75.6 Å². The minimum absolute atomic E-state index is 0. The van der Waals surface area contributed by atoms with Crippen molar-refractivity contribution in [2.24, 2.45) is 0 Å². The molecular formula is C25H27N2NaO6S2. The maximum atomic E-state index is 12.3. The van der Waals surface area contributed by atoms with Crippen LogP contribution in [0.4, 0.5) is 5.69 Å². The van der Waals surface area contributed by atoms with E-state index in [9.17, 15) is 25.9 Å². The van der Waals surface area contributed by atoms with E-state index in [1.165, 1.54) is 6.07 Å².